The molecule has 0 bridgehead atoms. The van der Waals surface area contributed by atoms with E-state index >= 15 is 0 Å². The Balaban J connectivity index is 1.77. The maximum Gasteiger partial charge on any atom is 0.123 e. The van der Waals surface area contributed by atoms with Gasteiger partial charge in [-0.25, -0.2) is 4.98 Å². The molecule has 1 aliphatic rings. The molecule has 0 saturated carbocycles. The van der Waals surface area contributed by atoms with Crippen LogP contribution >= 0.6 is 0 Å². The van der Waals surface area contributed by atoms with Gasteiger partial charge < -0.3 is 10.3 Å². The number of rotatable bonds is 3. The molecule has 0 aromatic carbocycles. The van der Waals surface area contributed by atoms with E-state index in [9.17, 15) is 0 Å². The van der Waals surface area contributed by atoms with E-state index in [1.165, 1.54) is 0 Å². The first-order chi connectivity index (χ1) is 9.34. The molecule has 3 heterocycles. The van der Waals surface area contributed by atoms with Crippen LogP contribution in [0.5, 0.6) is 0 Å². The predicted octanol–water partition coefficient (Wildman–Crippen LogP) is 1.44. The first-order valence-corrected chi connectivity index (χ1v) is 6.75. The van der Waals surface area contributed by atoms with Crippen LogP contribution in [0.2, 0.25) is 0 Å². The molecule has 1 aliphatic heterocycles. The van der Waals surface area contributed by atoms with Crippen molar-refractivity contribution in [3.8, 4) is 11.4 Å². The van der Waals surface area contributed by atoms with Crippen molar-refractivity contribution in [3.63, 3.8) is 0 Å². The highest BCUT2D eigenvalue weighted by atomic mass is 15.2. The largest absolute Gasteiger partial charge is 0.339 e. The van der Waals surface area contributed by atoms with Gasteiger partial charge in [-0.15, -0.1) is 0 Å². The summed E-state index contributed by atoms with van der Waals surface area (Å²) in [5.41, 5.74) is 1.92. The zero-order chi connectivity index (χ0) is 13.1. The molecule has 19 heavy (non-hydrogen) atoms. The Labute approximate surface area is 113 Å². The molecule has 2 N–H and O–H groups in total. The van der Waals surface area contributed by atoms with Crippen LogP contribution in [0.15, 0.2) is 30.6 Å². The number of pyridine rings is 1. The lowest BCUT2D eigenvalue weighted by atomic mass is 10.2. The second kappa shape index (κ2) is 5.50. The van der Waals surface area contributed by atoms with Crippen molar-refractivity contribution >= 4 is 0 Å². The van der Waals surface area contributed by atoms with E-state index in [1.54, 1.807) is 6.20 Å². The third-order valence-corrected chi connectivity index (χ3v) is 3.63. The number of nitrogens with zero attached hydrogens (tertiary/aromatic N) is 3. The standard InChI is InChI=1S/C14H19N5/c1-11(19-8-6-15-7-9-19)14-17-10-13(18-14)12-4-2-3-5-16-12/h2-5,10-11,15H,6-9H2,1H3,(H,17,18). The van der Waals surface area contributed by atoms with Crippen molar-refractivity contribution in [1.29, 1.82) is 0 Å². The van der Waals surface area contributed by atoms with Crippen molar-refractivity contribution in [2.75, 3.05) is 26.2 Å². The van der Waals surface area contributed by atoms with Gasteiger partial charge in [-0.2, -0.15) is 0 Å². The van der Waals surface area contributed by atoms with E-state index in [0.717, 1.165) is 43.4 Å². The number of aromatic amines is 1. The topological polar surface area (TPSA) is 56.8 Å². The predicted molar refractivity (Wildman–Crippen MR) is 74.7 cm³/mol. The molecule has 0 amide bonds. The molecular weight excluding hydrogens is 238 g/mol. The van der Waals surface area contributed by atoms with Gasteiger partial charge in [-0.1, -0.05) is 6.07 Å². The first-order valence-electron chi connectivity index (χ1n) is 6.75. The lowest BCUT2D eigenvalue weighted by Gasteiger charge is -2.31. The third-order valence-electron chi connectivity index (χ3n) is 3.63. The Morgan fingerprint density at radius 1 is 1.21 bits per heavy atom. The van der Waals surface area contributed by atoms with Crippen molar-refractivity contribution in [2.45, 2.75) is 13.0 Å². The van der Waals surface area contributed by atoms with Crippen LogP contribution < -0.4 is 5.32 Å². The van der Waals surface area contributed by atoms with Crippen molar-refractivity contribution < 1.29 is 0 Å². The summed E-state index contributed by atoms with van der Waals surface area (Å²) in [6.45, 7) is 6.45. The van der Waals surface area contributed by atoms with Crippen molar-refractivity contribution in [1.82, 2.24) is 25.2 Å². The molecule has 1 atom stereocenters. The van der Waals surface area contributed by atoms with Gasteiger partial charge in [0, 0.05) is 32.4 Å². The molecule has 0 radical (unpaired) electrons. The Bertz CT molecular complexity index is 516. The molecule has 0 spiro atoms. The molecule has 1 saturated heterocycles. The number of aromatic nitrogens is 3. The fourth-order valence-electron chi connectivity index (χ4n) is 2.44. The second-order valence-corrected chi connectivity index (χ2v) is 4.86. The maximum absolute atomic E-state index is 4.51. The van der Waals surface area contributed by atoms with Crippen LogP contribution in [0.3, 0.4) is 0 Å². The number of piperazine rings is 1. The SMILES string of the molecule is CC(c1ncc(-c2ccccn2)[nH]1)N1CCNCC1. The highest BCUT2D eigenvalue weighted by Crippen LogP contribution is 2.21. The van der Waals surface area contributed by atoms with Crippen molar-refractivity contribution in [2.24, 2.45) is 0 Å². The second-order valence-electron chi connectivity index (χ2n) is 4.86. The Morgan fingerprint density at radius 2 is 2.05 bits per heavy atom. The van der Waals surface area contributed by atoms with Crippen LogP contribution in [-0.2, 0) is 0 Å². The Kier molecular flexibility index (Phi) is 3.57. The summed E-state index contributed by atoms with van der Waals surface area (Å²) in [5.74, 6) is 1.02. The molecule has 1 fully saturated rings. The number of hydrogen-bond donors (Lipinski definition) is 2. The number of hydrogen-bond acceptors (Lipinski definition) is 4. The summed E-state index contributed by atoms with van der Waals surface area (Å²) in [4.78, 5) is 14.7. The van der Waals surface area contributed by atoms with E-state index in [2.05, 4.69) is 32.1 Å². The minimum atomic E-state index is 0.319. The fourth-order valence-corrected chi connectivity index (χ4v) is 2.44. The molecule has 100 valence electrons. The zero-order valence-corrected chi connectivity index (χ0v) is 11.1. The molecule has 3 rings (SSSR count). The fraction of sp³-hybridized carbons (Fsp3) is 0.429. The minimum absolute atomic E-state index is 0.319. The van der Waals surface area contributed by atoms with Crippen LogP contribution in [-0.4, -0.2) is 46.0 Å². The first kappa shape index (κ1) is 12.3. The summed E-state index contributed by atoms with van der Waals surface area (Å²) in [7, 11) is 0. The highest BCUT2D eigenvalue weighted by molar-refractivity contribution is 5.52. The summed E-state index contributed by atoms with van der Waals surface area (Å²) in [5, 5.41) is 3.37. The van der Waals surface area contributed by atoms with Crippen molar-refractivity contribution in [3.05, 3.63) is 36.4 Å². The van der Waals surface area contributed by atoms with Gasteiger partial charge in [0.1, 0.15) is 5.82 Å². The minimum Gasteiger partial charge on any atom is -0.339 e. The van der Waals surface area contributed by atoms with Gasteiger partial charge in [0.2, 0.25) is 0 Å². The van der Waals surface area contributed by atoms with E-state index in [1.807, 2.05) is 24.4 Å². The summed E-state index contributed by atoms with van der Waals surface area (Å²) in [6, 6.07) is 6.22. The molecule has 5 heteroatoms. The van der Waals surface area contributed by atoms with Crippen LogP contribution in [0, 0.1) is 0 Å². The third kappa shape index (κ3) is 2.67. The van der Waals surface area contributed by atoms with Gasteiger partial charge >= 0.3 is 0 Å². The lowest BCUT2D eigenvalue weighted by molar-refractivity contribution is 0.180. The average molecular weight is 257 g/mol. The molecule has 2 aromatic heterocycles. The summed E-state index contributed by atoms with van der Waals surface area (Å²) < 4.78 is 0. The monoisotopic (exact) mass is 257 g/mol. The van der Waals surface area contributed by atoms with E-state index < -0.39 is 0 Å². The normalized spacial score (nSPS) is 18.4. The van der Waals surface area contributed by atoms with E-state index in [0.29, 0.717) is 6.04 Å². The van der Waals surface area contributed by atoms with Gasteiger partial charge in [0.25, 0.3) is 0 Å². The highest BCUT2D eigenvalue weighted by Gasteiger charge is 2.20. The van der Waals surface area contributed by atoms with Crippen LogP contribution in [0.25, 0.3) is 11.4 Å². The maximum atomic E-state index is 4.51. The number of imidazole rings is 1. The lowest BCUT2D eigenvalue weighted by Crippen LogP contribution is -2.44. The van der Waals surface area contributed by atoms with Gasteiger partial charge in [0.15, 0.2) is 0 Å². The molecule has 1 unspecified atom stereocenters. The van der Waals surface area contributed by atoms with Crippen LogP contribution in [0.4, 0.5) is 0 Å². The summed E-state index contributed by atoms with van der Waals surface area (Å²) in [6.07, 6.45) is 3.67. The Morgan fingerprint density at radius 3 is 2.79 bits per heavy atom. The van der Waals surface area contributed by atoms with E-state index in [4.69, 9.17) is 0 Å². The van der Waals surface area contributed by atoms with Gasteiger partial charge in [-0.3, -0.25) is 9.88 Å². The molecule has 2 aromatic rings. The quantitative estimate of drug-likeness (QED) is 0.873. The average Bonchev–Trinajstić information content (AvgIpc) is 2.98. The Hall–Kier alpha value is -1.72. The van der Waals surface area contributed by atoms with E-state index in [-0.39, 0.29) is 0 Å². The molecule has 5 nitrogen and oxygen atoms in total. The molecular formula is C14H19N5. The van der Waals surface area contributed by atoms with Gasteiger partial charge in [-0.05, 0) is 19.1 Å². The summed E-state index contributed by atoms with van der Waals surface area (Å²) >= 11 is 0. The number of H-pyrrole nitrogens is 1. The smallest absolute Gasteiger partial charge is 0.123 e. The van der Waals surface area contributed by atoms with Crippen LogP contribution in [0.1, 0.15) is 18.8 Å². The molecule has 0 aliphatic carbocycles. The van der Waals surface area contributed by atoms with Gasteiger partial charge in [0.05, 0.1) is 23.6 Å². The zero-order valence-electron chi connectivity index (χ0n) is 11.1. The number of nitrogens with one attached hydrogen (secondary N) is 2.